The highest BCUT2D eigenvalue weighted by molar-refractivity contribution is 9.10. The SMILES string of the molecule is COCCNC(=O)C(=O)N/N=C\c1cc(Br)ccc1Nc1ccccc1. The Morgan fingerprint density at radius 2 is 1.92 bits per heavy atom. The van der Waals surface area contributed by atoms with Crippen LogP contribution in [0.5, 0.6) is 0 Å². The molecule has 0 aliphatic heterocycles. The Morgan fingerprint density at radius 3 is 2.65 bits per heavy atom. The van der Waals surface area contributed by atoms with Crippen molar-refractivity contribution in [3.05, 3.63) is 58.6 Å². The van der Waals surface area contributed by atoms with E-state index in [1.807, 2.05) is 48.5 Å². The van der Waals surface area contributed by atoms with E-state index >= 15 is 0 Å². The smallest absolute Gasteiger partial charge is 0.329 e. The molecule has 8 heteroatoms. The number of hydrazone groups is 1. The molecule has 0 saturated carbocycles. The predicted octanol–water partition coefficient (Wildman–Crippen LogP) is 2.41. The lowest BCUT2D eigenvalue weighted by Gasteiger charge is -2.10. The summed E-state index contributed by atoms with van der Waals surface area (Å²) >= 11 is 3.41. The normalized spacial score (nSPS) is 10.5. The number of hydrogen-bond donors (Lipinski definition) is 3. The van der Waals surface area contributed by atoms with Crippen LogP contribution in [0.15, 0.2) is 58.1 Å². The summed E-state index contributed by atoms with van der Waals surface area (Å²) in [5.41, 5.74) is 4.67. The molecule has 0 aliphatic carbocycles. The number of para-hydroxylation sites is 1. The first-order chi connectivity index (χ1) is 12.6. The van der Waals surface area contributed by atoms with Crippen LogP contribution in [0.1, 0.15) is 5.56 Å². The standard InChI is InChI=1S/C18H19BrN4O3/c1-26-10-9-20-17(24)18(25)23-21-12-13-11-14(19)7-8-16(13)22-15-5-3-2-4-6-15/h2-8,11-12,22H,9-10H2,1H3,(H,20,24)(H,23,25)/b21-12-. The van der Waals surface area contributed by atoms with Crippen LogP contribution in [-0.2, 0) is 14.3 Å². The van der Waals surface area contributed by atoms with Gasteiger partial charge in [-0.1, -0.05) is 34.1 Å². The van der Waals surface area contributed by atoms with Gasteiger partial charge in [0.1, 0.15) is 0 Å². The summed E-state index contributed by atoms with van der Waals surface area (Å²) in [5, 5.41) is 9.55. The van der Waals surface area contributed by atoms with E-state index in [2.05, 4.69) is 37.1 Å². The number of benzene rings is 2. The van der Waals surface area contributed by atoms with E-state index in [9.17, 15) is 9.59 Å². The third-order valence-electron chi connectivity index (χ3n) is 3.23. The van der Waals surface area contributed by atoms with Crippen LogP contribution in [0.25, 0.3) is 0 Å². The molecule has 0 bridgehead atoms. The van der Waals surface area contributed by atoms with Crippen LogP contribution < -0.4 is 16.1 Å². The molecule has 7 nitrogen and oxygen atoms in total. The highest BCUT2D eigenvalue weighted by Crippen LogP contribution is 2.23. The fourth-order valence-corrected chi connectivity index (χ4v) is 2.37. The molecule has 26 heavy (non-hydrogen) atoms. The first-order valence-corrected chi connectivity index (χ1v) is 8.61. The fraction of sp³-hybridized carbons (Fsp3) is 0.167. The van der Waals surface area contributed by atoms with E-state index in [4.69, 9.17) is 4.74 Å². The van der Waals surface area contributed by atoms with E-state index in [0.717, 1.165) is 21.4 Å². The van der Waals surface area contributed by atoms with Crippen molar-refractivity contribution < 1.29 is 14.3 Å². The Labute approximate surface area is 159 Å². The molecule has 0 fully saturated rings. The average Bonchev–Trinajstić information content (AvgIpc) is 2.64. The molecule has 0 saturated heterocycles. The van der Waals surface area contributed by atoms with Crippen LogP contribution in [-0.4, -0.2) is 38.3 Å². The maximum Gasteiger partial charge on any atom is 0.329 e. The van der Waals surface area contributed by atoms with Gasteiger partial charge in [-0.05, 0) is 30.3 Å². The largest absolute Gasteiger partial charge is 0.383 e. The predicted molar refractivity (Wildman–Crippen MR) is 104 cm³/mol. The number of nitrogens with zero attached hydrogens (tertiary/aromatic N) is 1. The minimum atomic E-state index is -0.843. The van der Waals surface area contributed by atoms with Gasteiger partial charge in [0.05, 0.1) is 12.8 Å². The van der Waals surface area contributed by atoms with Crippen molar-refractivity contribution in [3.63, 3.8) is 0 Å². The number of halogens is 1. The second-order valence-corrected chi connectivity index (χ2v) is 6.09. The average molecular weight is 419 g/mol. The third kappa shape index (κ3) is 6.30. The number of hydrogen-bond acceptors (Lipinski definition) is 5. The minimum Gasteiger partial charge on any atom is -0.383 e. The molecule has 0 unspecified atom stereocenters. The van der Waals surface area contributed by atoms with E-state index in [0.29, 0.717) is 6.61 Å². The van der Waals surface area contributed by atoms with Gasteiger partial charge in [-0.3, -0.25) is 9.59 Å². The molecule has 0 radical (unpaired) electrons. The number of methoxy groups -OCH3 is 1. The molecular weight excluding hydrogens is 400 g/mol. The molecule has 2 aromatic rings. The van der Waals surface area contributed by atoms with Crippen LogP contribution in [0, 0.1) is 0 Å². The molecule has 0 aromatic heterocycles. The number of ether oxygens (including phenoxy) is 1. The van der Waals surface area contributed by atoms with Gasteiger partial charge in [-0.2, -0.15) is 5.10 Å². The quantitative estimate of drug-likeness (QED) is 0.278. The third-order valence-corrected chi connectivity index (χ3v) is 3.73. The minimum absolute atomic E-state index is 0.253. The molecule has 0 heterocycles. The van der Waals surface area contributed by atoms with E-state index in [1.54, 1.807) is 0 Å². The molecule has 0 aliphatic rings. The highest BCUT2D eigenvalue weighted by atomic mass is 79.9. The first kappa shape index (κ1) is 19.6. The number of anilines is 2. The van der Waals surface area contributed by atoms with E-state index < -0.39 is 11.8 Å². The zero-order valence-corrected chi connectivity index (χ0v) is 15.7. The lowest BCUT2D eigenvalue weighted by Crippen LogP contribution is -2.39. The Kier molecular flexibility index (Phi) is 7.78. The summed E-state index contributed by atoms with van der Waals surface area (Å²) < 4.78 is 5.66. The van der Waals surface area contributed by atoms with Gasteiger partial charge in [0.25, 0.3) is 0 Å². The van der Waals surface area contributed by atoms with Crippen LogP contribution in [0.3, 0.4) is 0 Å². The highest BCUT2D eigenvalue weighted by Gasteiger charge is 2.11. The topological polar surface area (TPSA) is 91.8 Å². The Hall–Kier alpha value is -2.71. The molecular formula is C18H19BrN4O3. The van der Waals surface area contributed by atoms with Gasteiger partial charge < -0.3 is 15.4 Å². The van der Waals surface area contributed by atoms with Gasteiger partial charge in [0.15, 0.2) is 0 Å². The monoisotopic (exact) mass is 418 g/mol. The summed E-state index contributed by atoms with van der Waals surface area (Å²) in [6.45, 7) is 0.581. The molecule has 0 atom stereocenters. The second kappa shape index (κ2) is 10.3. The van der Waals surface area contributed by atoms with Gasteiger partial charge in [0.2, 0.25) is 0 Å². The zero-order valence-electron chi connectivity index (χ0n) is 14.2. The Balaban J connectivity index is 2.01. The molecule has 2 aromatic carbocycles. The van der Waals surface area contributed by atoms with Crippen molar-refractivity contribution in [2.75, 3.05) is 25.6 Å². The molecule has 0 spiro atoms. The molecule has 136 valence electrons. The van der Waals surface area contributed by atoms with Gasteiger partial charge in [0, 0.05) is 35.1 Å². The van der Waals surface area contributed by atoms with Crippen molar-refractivity contribution in [2.45, 2.75) is 0 Å². The van der Waals surface area contributed by atoms with Crippen molar-refractivity contribution >= 4 is 45.3 Å². The van der Waals surface area contributed by atoms with E-state index in [-0.39, 0.29) is 6.54 Å². The van der Waals surface area contributed by atoms with Gasteiger partial charge >= 0.3 is 11.8 Å². The Morgan fingerprint density at radius 1 is 1.15 bits per heavy atom. The van der Waals surface area contributed by atoms with Crippen LogP contribution >= 0.6 is 15.9 Å². The molecule has 2 amide bonds. The lowest BCUT2D eigenvalue weighted by molar-refractivity contribution is -0.139. The second-order valence-electron chi connectivity index (χ2n) is 5.17. The van der Waals surface area contributed by atoms with Crippen LogP contribution in [0.2, 0.25) is 0 Å². The van der Waals surface area contributed by atoms with Crippen molar-refractivity contribution in [2.24, 2.45) is 5.10 Å². The number of carbonyl (C=O) groups excluding carboxylic acids is 2. The summed E-state index contributed by atoms with van der Waals surface area (Å²) in [4.78, 5) is 23.2. The number of carbonyl (C=O) groups is 2. The maximum absolute atomic E-state index is 11.7. The number of nitrogens with one attached hydrogen (secondary N) is 3. The number of amides is 2. The summed E-state index contributed by atoms with van der Waals surface area (Å²) in [7, 11) is 1.51. The van der Waals surface area contributed by atoms with Gasteiger partial charge in [-0.15, -0.1) is 0 Å². The first-order valence-electron chi connectivity index (χ1n) is 7.82. The number of rotatable bonds is 7. The lowest BCUT2D eigenvalue weighted by atomic mass is 10.2. The van der Waals surface area contributed by atoms with Crippen molar-refractivity contribution in [1.29, 1.82) is 0 Å². The van der Waals surface area contributed by atoms with Crippen LogP contribution in [0.4, 0.5) is 11.4 Å². The van der Waals surface area contributed by atoms with Crippen molar-refractivity contribution in [3.8, 4) is 0 Å². The fourth-order valence-electron chi connectivity index (χ4n) is 1.99. The summed E-state index contributed by atoms with van der Waals surface area (Å²) in [6, 6.07) is 15.3. The summed E-state index contributed by atoms with van der Waals surface area (Å²) in [6.07, 6.45) is 1.47. The van der Waals surface area contributed by atoms with Crippen molar-refractivity contribution in [1.82, 2.24) is 10.7 Å². The summed E-state index contributed by atoms with van der Waals surface area (Å²) in [5.74, 6) is -1.61. The Bertz CT molecular complexity index is 781. The maximum atomic E-state index is 11.7. The van der Waals surface area contributed by atoms with E-state index in [1.165, 1.54) is 13.3 Å². The molecule has 2 rings (SSSR count). The van der Waals surface area contributed by atoms with Gasteiger partial charge in [-0.25, -0.2) is 5.43 Å². The molecule has 3 N–H and O–H groups in total. The zero-order chi connectivity index (χ0) is 18.8.